The number of hydrogen-bond donors (Lipinski definition) is 2. The summed E-state index contributed by atoms with van der Waals surface area (Å²) >= 11 is 0. The van der Waals surface area contributed by atoms with Crippen molar-refractivity contribution in [2.45, 2.75) is 27.7 Å². The van der Waals surface area contributed by atoms with Gasteiger partial charge in [-0.05, 0) is 13.8 Å². The molecule has 0 rings (SSSR count). The highest BCUT2D eigenvalue weighted by Crippen LogP contribution is 1.69. The summed E-state index contributed by atoms with van der Waals surface area (Å²) in [4.78, 5) is 18.8. The SMILES string of the molecule is CC(=O)O.CCO.CCOC(C)=O. The van der Waals surface area contributed by atoms with E-state index in [0.29, 0.717) is 6.61 Å². The number of aliphatic carboxylic acids is 1. The Labute approximate surface area is 78.3 Å². The molecule has 0 saturated heterocycles. The quantitative estimate of drug-likeness (QED) is 0.599. The molecule has 0 amide bonds. The third-order valence-electron chi connectivity index (χ3n) is 0.348. The molecule has 0 fully saturated rings. The number of hydrogen-bond acceptors (Lipinski definition) is 4. The molecule has 80 valence electrons. The molecule has 0 bridgehead atoms. The van der Waals surface area contributed by atoms with Crippen LogP contribution in [0.2, 0.25) is 0 Å². The first-order chi connectivity index (χ1) is 5.92. The minimum atomic E-state index is -0.833. The highest BCUT2D eigenvalue weighted by molar-refractivity contribution is 5.65. The average Bonchev–Trinajstić information content (AvgIpc) is 1.86. The molecule has 5 nitrogen and oxygen atoms in total. The van der Waals surface area contributed by atoms with Gasteiger partial charge in [0, 0.05) is 20.5 Å². The van der Waals surface area contributed by atoms with Gasteiger partial charge in [0.2, 0.25) is 0 Å². The van der Waals surface area contributed by atoms with Gasteiger partial charge in [-0.2, -0.15) is 0 Å². The largest absolute Gasteiger partial charge is 0.481 e. The van der Waals surface area contributed by atoms with Gasteiger partial charge in [-0.15, -0.1) is 0 Å². The first-order valence-corrected chi connectivity index (χ1v) is 3.86. The minimum absolute atomic E-state index is 0.211. The van der Waals surface area contributed by atoms with Gasteiger partial charge in [-0.1, -0.05) is 0 Å². The Morgan fingerprint density at radius 3 is 1.46 bits per heavy atom. The lowest BCUT2D eigenvalue weighted by atomic mass is 10.8. The van der Waals surface area contributed by atoms with Crippen molar-refractivity contribution in [3.8, 4) is 0 Å². The van der Waals surface area contributed by atoms with Crippen molar-refractivity contribution in [1.82, 2.24) is 0 Å². The zero-order valence-corrected chi connectivity index (χ0v) is 8.53. The van der Waals surface area contributed by atoms with E-state index in [9.17, 15) is 4.79 Å². The van der Waals surface area contributed by atoms with Crippen LogP contribution in [-0.2, 0) is 14.3 Å². The first-order valence-electron chi connectivity index (χ1n) is 3.86. The minimum Gasteiger partial charge on any atom is -0.481 e. The summed E-state index contributed by atoms with van der Waals surface area (Å²) in [6, 6.07) is 0. The Kier molecular flexibility index (Phi) is 23.5. The molecule has 0 atom stereocenters. The Hall–Kier alpha value is -1.10. The Morgan fingerprint density at radius 2 is 1.46 bits per heavy atom. The third-order valence-corrected chi connectivity index (χ3v) is 0.348. The molecule has 0 aromatic rings. The first kappa shape index (κ1) is 17.8. The maximum atomic E-state index is 9.82. The van der Waals surface area contributed by atoms with Crippen molar-refractivity contribution < 1.29 is 24.5 Å². The van der Waals surface area contributed by atoms with E-state index in [0.717, 1.165) is 6.92 Å². The maximum absolute atomic E-state index is 9.82. The van der Waals surface area contributed by atoms with E-state index in [4.69, 9.17) is 15.0 Å². The van der Waals surface area contributed by atoms with Crippen LogP contribution in [0.5, 0.6) is 0 Å². The smallest absolute Gasteiger partial charge is 0.302 e. The van der Waals surface area contributed by atoms with E-state index < -0.39 is 5.97 Å². The van der Waals surface area contributed by atoms with Crippen molar-refractivity contribution in [3.63, 3.8) is 0 Å². The molecule has 0 aliphatic rings. The number of aliphatic hydroxyl groups is 1. The maximum Gasteiger partial charge on any atom is 0.302 e. The zero-order valence-electron chi connectivity index (χ0n) is 8.53. The molecule has 0 aromatic carbocycles. The van der Waals surface area contributed by atoms with Gasteiger partial charge in [0.25, 0.3) is 5.97 Å². The lowest BCUT2D eigenvalue weighted by molar-refractivity contribution is -0.140. The second-order valence-electron chi connectivity index (χ2n) is 1.76. The molecule has 0 radical (unpaired) electrons. The number of ether oxygens (including phenoxy) is 1. The van der Waals surface area contributed by atoms with Crippen LogP contribution in [0.4, 0.5) is 0 Å². The molecule has 0 spiro atoms. The number of aliphatic hydroxyl groups excluding tert-OH is 1. The topological polar surface area (TPSA) is 83.8 Å². The van der Waals surface area contributed by atoms with Gasteiger partial charge >= 0.3 is 5.97 Å². The fourth-order valence-electron chi connectivity index (χ4n) is 0.203. The van der Waals surface area contributed by atoms with Crippen molar-refractivity contribution in [2.75, 3.05) is 13.2 Å². The van der Waals surface area contributed by atoms with E-state index in [1.54, 1.807) is 13.8 Å². The molecule has 0 heterocycles. The van der Waals surface area contributed by atoms with Crippen LogP contribution in [0.1, 0.15) is 27.7 Å². The average molecular weight is 194 g/mol. The monoisotopic (exact) mass is 194 g/mol. The van der Waals surface area contributed by atoms with Gasteiger partial charge in [0.1, 0.15) is 0 Å². The normalized spacial score (nSPS) is 6.85. The summed E-state index contributed by atoms with van der Waals surface area (Å²) in [5.41, 5.74) is 0. The molecule has 0 aliphatic carbocycles. The number of esters is 1. The van der Waals surface area contributed by atoms with Crippen LogP contribution < -0.4 is 0 Å². The molecule has 0 aromatic heterocycles. The number of carbonyl (C=O) groups excluding carboxylic acids is 1. The summed E-state index contributed by atoms with van der Waals surface area (Å²) in [5.74, 6) is -1.04. The standard InChI is InChI=1S/C4H8O2.C2H4O2.C2H6O/c1-3-6-4(2)5;1-2(3)4;1-2-3/h3H2,1-2H3;1H3,(H,3,4);3H,2H2,1H3. The lowest BCUT2D eigenvalue weighted by Gasteiger charge is -1.89. The summed E-state index contributed by atoms with van der Waals surface area (Å²) in [5, 5.41) is 15.0. The van der Waals surface area contributed by atoms with Crippen molar-refractivity contribution in [2.24, 2.45) is 0 Å². The number of carboxylic acid groups (broad SMARTS) is 1. The molecular weight excluding hydrogens is 176 g/mol. The Morgan fingerprint density at radius 1 is 1.23 bits per heavy atom. The highest BCUT2D eigenvalue weighted by Gasteiger charge is 1.81. The van der Waals surface area contributed by atoms with E-state index in [1.807, 2.05) is 0 Å². The highest BCUT2D eigenvalue weighted by atomic mass is 16.5. The van der Waals surface area contributed by atoms with E-state index in [2.05, 4.69) is 4.74 Å². The lowest BCUT2D eigenvalue weighted by Crippen LogP contribution is -1.95. The summed E-state index contributed by atoms with van der Waals surface area (Å²) in [7, 11) is 0. The van der Waals surface area contributed by atoms with Crippen LogP contribution in [-0.4, -0.2) is 35.4 Å². The molecule has 5 heteroatoms. The van der Waals surface area contributed by atoms with Crippen LogP contribution in [0.3, 0.4) is 0 Å². The van der Waals surface area contributed by atoms with Crippen LogP contribution in [0, 0.1) is 0 Å². The fraction of sp³-hybridized carbons (Fsp3) is 0.750. The van der Waals surface area contributed by atoms with Gasteiger partial charge in [-0.25, -0.2) is 0 Å². The molecular formula is C8H18O5. The number of carbonyl (C=O) groups is 2. The summed E-state index contributed by atoms with van der Waals surface area (Å²) in [6.07, 6.45) is 0. The van der Waals surface area contributed by atoms with E-state index in [-0.39, 0.29) is 12.6 Å². The molecule has 0 aliphatic heterocycles. The Balaban J connectivity index is -0.000000125. The summed E-state index contributed by atoms with van der Waals surface area (Å²) in [6.45, 7) is 6.67. The molecule has 0 unspecified atom stereocenters. The molecule has 0 saturated carbocycles. The zero-order chi connectivity index (χ0) is 11.3. The third kappa shape index (κ3) is 239. The van der Waals surface area contributed by atoms with E-state index >= 15 is 0 Å². The molecule has 2 N–H and O–H groups in total. The van der Waals surface area contributed by atoms with Gasteiger partial charge in [-0.3, -0.25) is 9.59 Å². The van der Waals surface area contributed by atoms with Gasteiger partial charge in [0.15, 0.2) is 0 Å². The van der Waals surface area contributed by atoms with E-state index in [1.165, 1.54) is 6.92 Å². The summed E-state index contributed by atoms with van der Waals surface area (Å²) < 4.78 is 4.40. The van der Waals surface area contributed by atoms with Crippen LogP contribution >= 0.6 is 0 Å². The fourth-order valence-corrected chi connectivity index (χ4v) is 0.203. The van der Waals surface area contributed by atoms with Crippen molar-refractivity contribution in [1.29, 1.82) is 0 Å². The predicted molar refractivity (Wildman–Crippen MR) is 48.4 cm³/mol. The van der Waals surface area contributed by atoms with Gasteiger partial charge in [0.05, 0.1) is 6.61 Å². The van der Waals surface area contributed by atoms with Crippen LogP contribution in [0.15, 0.2) is 0 Å². The second kappa shape index (κ2) is 17.1. The predicted octanol–water partition coefficient (Wildman–Crippen LogP) is 0.659. The number of rotatable bonds is 1. The van der Waals surface area contributed by atoms with Gasteiger partial charge < -0.3 is 14.9 Å². The Bertz CT molecular complexity index is 118. The number of carboxylic acids is 1. The van der Waals surface area contributed by atoms with Crippen molar-refractivity contribution in [3.05, 3.63) is 0 Å². The van der Waals surface area contributed by atoms with Crippen LogP contribution in [0.25, 0.3) is 0 Å². The molecule has 13 heavy (non-hydrogen) atoms. The second-order valence-corrected chi connectivity index (χ2v) is 1.76. The van der Waals surface area contributed by atoms with Crippen molar-refractivity contribution >= 4 is 11.9 Å².